The molecule has 3 atom stereocenters. The first-order valence-corrected chi connectivity index (χ1v) is 7.18. The summed E-state index contributed by atoms with van der Waals surface area (Å²) in [6.45, 7) is 0. The van der Waals surface area contributed by atoms with Crippen LogP contribution in [0.2, 0.25) is 0 Å². The van der Waals surface area contributed by atoms with Crippen LogP contribution in [0.4, 0.5) is 0 Å². The van der Waals surface area contributed by atoms with Crippen molar-refractivity contribution in [3.05, 3.63) is 35.9 Å². The van der Waals surface area contributed by atoms with Gasteiger partial charge in [-0.15, -0.1) is 11.8 Å². The van der Waals surface area contributed by atoms with E-state index in [-0.39, 0.29) is 17.4 Å². The van der Waals surface area contributed by atoms with Crippen molar-refractivity contribution in [2.24, 2.45) is 5.92 Å². The second-order valence-corrected chi connectivity index (χ2v) is 5.16. The van der Waals surface area contributed by atoms with E-state index in [1.54, 1.807) is 0 Å². The predicted molar refractivity (Wildman–Crippen MR) is 73.3 cm³/mol. The Morgan fingerprint density at radius 1 is 1.32 bits per heavy atom. The molecule has 19 heavy (non-hydrogen) atoms. The number of esters is 1. The first-order chi connectivity index (χ1) is 9.17. The summed E-state index contributed by atoms with van der Waals surface area (Å²) >= 11 is 1.43. The number of hydrogen-bond donors (Lipinski definition) is 2. The highest BCUT2D eigenvalue weighted by molar-refractivity contribution is 7.99. The molecular weight excluding hydrogens is 264 g/mol. The van der Waals surface area contributed by atoms with Crippen LogP contribution < -0.4 is 10.6 Å². The van der Waals surface area contributed by atoms with Crippen LogP contribution in [-0.2, 0) is 14.3 Å². The molecule has 6 heteroatoms. The van der Waals surface area contributed by atoms with Gasteiger partial charge in [-0.3, -0.25) is 14.9 Å². The molecule has 0 spiro atoms. The van der Waals surface area contributed by atoms with Gasteiger partial charge < -0.3 is 10.1 Å². The van der Waals surface area contributed by atoms with Crippen LogP contribution in [0.3, 0.4) is 0 Å². The molecule has 1 fully saturated rings. The number of benzene rings is 1. The molecule has 1 saturated heterocycles. The van der Waals surface area contributed by atoms with Crippen LogP contribution in [0.1, 0.15) is 11.7 Å². The lowest BCUT2D eigenvalue weighted by atomic mass is 10.0. The van der Waals surface area contributed by atoms with E-state index >= 15 is 0 Å². The first kappa shape index (κ1) is 13.9. The molecule has 1 aliphatic heterocycles. The largest absolute Gasteiger partial charge is 0.468 e. The van der Waals surface area contributed by atoms with E-state index in [1.807, 2.05) is 36.6 Å². The van der Waals surface area contributed by atoms with Crippen molar-refractivity contribution in [2.75, 3.05) is 13.4 Å². The van der Waals surface area contributed by atoms with Gasteiger partial charge in [-0.1, -0.05) is 30.3 Å². The van der Waals surface area contributed by atoms with Crippen LogP contribution in [-0.4, -0.2) is 30.6 Å². The van der Waals surface area contributed by atoms with Crippen molar-refractivity contribution in [1.29, 1.82) is 0 Å². The zero-order valence-corrected chi connectivity index (χ0v) is 11.6. The molecule has 1 aliphatic rings. The van der Waals surface area contributed by atoms with Gasteiger partial charge in [-0.05, 0) is 11.8 Å². The second-order valence-electron chi connectivity index (χ2n) is 4.18. The Labute approximate surface area is 116 Å². The molecular formula is C13H16N2O3S. The summed E-state index contributed by atoms with van der Waals surface area (Å²) in [6.07, 6.45) is 1.57. The number of amides is 1. The number of ether oxygens (including phenoxy) is 1. The third-order valence-electron chi connectivity index (χ3n) is 3.04. The summed E-state index contributed by atoms with van der Waals surface area (Å²) in [6, 6.07) is 9.58. The molecule has 2 N–H and O–H groups in total. The van der Waals surface area contributed by atoms with Crippen molar-refractivity contribution in [3.8, 4) is 0 Å². The molecule has 2 rings (SSSR count). The maximum Gasteiger partial charge on any atom is 0.320 e. The van der Waals surface area contributed by atoms with E-state index in [2.05, 4.69) is 15.4 Å². The van der Waals surface area contributed by atoms with Crippen molar-refractivity contribution in [2.45, 2.75) is 11.5 Å². The van der Waals surface area contributed by atoms with E-state index in [0.29, 0.717) is 0 Å². The third-order valence-corrected chi connectivity index (χ3v) is 3.96. The van der Waals surface area contributed by atoms with Gasteiger partial charge in [0.2, 0.25) is 5.91 Å². The van der Waals surface area contributed by atoms with Gasteiger partial charge in [-0.2, -0.15) is 0 Å². The Balaban J connectivity index is 2.19. The summed E-state index contributed by atoms with van der Waals surface area (Å²) in [5.74, 6) is -1.64. The zero-order chi connectivity index (χ0) is 13.8. The molecule has 102 valence electrons. The lowest BCUT2D eigenvalue weighted by Gasteiger charge is -2.35. The molecule has 0 radical (unpaired) electrons. The zero-order valence-electron chi connectivity index (χ0n) is 10.8. The normalized spacial score (nSPS) is 26.6. The minimum atomic E-state index is -0.819. The van der Waals surface area contributed by atoms with Crippen LogP contribution in [0.5, 0.6) is 0 Å². The monoisotopic (exact) mass is 280 g/mol. The Kier molecular flexibility index (Phi) is 4.44. The van der Waals surface area contributed by atoms with Crippen LogP contribution in [0.15, 0.2) is 30.3 Å². The Hall–Kier alpha value is -1.53. The summed E-state index contributed by atoms with van der Waals surface area (Å²) in [4.78, 5) is 23.7. The van der Waals surface area contributed by atoms with Crippen molar-refractivity contribution >= 4 is 23.6 Å². The number of methoxy groups -OCH3 is 1. The van der Waals surface area contributed by atoms with Gasteiger partial charge in [0, 0.05) is 0 Å². The smallest absolute Gasteiger partial charge is 0.320 e. The number of carbonyl (C=O) groups is 2. The molecule has 1 heterocycles. The molecule has 0 aromatic heterocycles. The Morgan fingerprint density at radius 3 is 2.58 bits per heavy atom. The summed E-state index contributed by atoms with van der Waals surface area (Å²) in [7, 11) is 1.29. The van der Waals surface area contributed by atoms with Gasteiger partial charge >= 0.3 is 5.97 Å². The van der Waals surface area contributed by atoms with Gasteiger partial charge in [0.05, 0.1) is 12.5 Å². The maximum atomic E-state index is 12.1. The standard InChI is InChI=1S/C13H16N2O3S/c1-18-13(17)9-11(16)14-10(15-12(9)19-2)8-6-4-3-5-7-8/h3-7,9-10,12,15H,1-2H3,(H,14,16). The quantitative estimate of drug-likeness (QED) is 0.635. The van der Waals surface area contributed by atoms with Crippen molar-refractivity contribution in [3.63, 3.8) is 0 Å². The van der Waals surface area contributed by atoms with E-state index in [1.165, 1.54) is 18.9 Å². The lowest BCUT2D eigenvalue weighted by Crippen LogP contribution is -2.57. The first-order valence-electron chi connectivity index (χ1n) is 5.89. The van der Waals surface area contributed by atoms with Crippen LogP contribution in [0.25, 0.3) is 0 Å². The fourth-order valence-electron chi connectivity index (χ4n) is 2.06. The minimum absolute atomic E-state index is 0.285. The van der Waals surface area contributed by atoms with E-state index in [0.717, 1.165) is 5.56 Å². The van der Waals surface area contributed by atoms with Gasteiger partial charge in [-0.25, -0.2) is 0 Å². The molecule has 1 aromatic rings. The van der Waals surface area contributed by atoms with Crippen molar-refractivity contribution < 1.29 is 14.3 Å². The number of carbonyl (C=O) groups excluding carboxylic acids is 2. The number of rotatable bonds is 3. The molecule has 0 aliphatic carbocycles. The Morgan fingerprint density at radius 2 is 2.00 bits per heavy atom. The number of nitrogens with one attached hydrogen (secondary N) is 2. The highest BCUT2D eigenvalue weighted by Crippen LogP contribution is 2.25. The fourth-order valence-corrected chi connectivity index (χ4v) is 2.84. The molecule has 5 nitrogen and oxygen atoms in total. The summed E-state index contributed by atoms with van der Waals surface area (Å²) in [5, 5.41) is 5.74. The lowest BCUT2D eigenvalue weighted by molar-refractivity contribution is -0.152. The number of hydrogen-bond acceptors (Lipinski definition) is 5. The van der Waals surface area contributed by atoms with Gasteiger partial charge in [0.1, 0.15) is 6.17 Å². The predicted octanol–water partition coefficient (Wildman–Crippen LogP) is 0.883. The van der Waals surface area contributed by atoms with Crippen LogP contribution in [0, 0.1) is 5.92 Å². The fraction of sp³-hybridized carbons (Fsp3) is 0.385. The molecule has 1 aromatic carbocycles. The van der Waals surface area contributed by atoms with Gasteiger partial charge in [0.25, 0.3) is 0 Å². The molecule has 3 unspecified atom stereocenters. The van der Waals surface area contributed by atoms with E-state index in [4.69, 9.17) is 0 Å². The van der Waals surface area contributed by atoms with E-state index in [9.17, 15) is 9.59 Å². The second kappa shape index (κ2) is 6.08. The highest BCUT2D eigenvalue weighted by Gasteiger charge is 2.41. The number of thioether (sulfide) groups is 1. The third kappa shape index (κ3) is 2.90. The maximum absolute atomic E-state index is 12.1. The Bertz CT molecular complexity index is 466. The van der Waals surface area contributed by atoms with Crippen LogP contribution >= 0.6 is 11.8 Å². The highest BCUT2D eigenvalue weighted by atomic mass is 32.2. The van der Waals surface area contributed by atoms with E-state index < -0.39 is 11.9 Å². The SMILES string of the molecule is COC(=O)C1C(=O)NC(c2ccccc2)NC1SC. The topological polar surface area (TPSA) is 67.4 Å². The molecule has 1 amide bonds. The molecule has 0 saturated carbocycles. The summed E-state index contributed by atoms with van der Waals surface area (Å²) in [5.41, 5.74) is 0.957. The minimum Gasteiger partial charge on any atom is -0.468 e. The average Bonchev–Trinajstić information content (AvgIpc) is 2.46. The molecule has 0 bridgehead atoms. The summed E-state index contributed by atoms with van der Waals surface area (Å²) < 4.78 is 4.68. The average molecular weight is 280 g/mol. The van der Waals surface area contributed by atoms with Crippen molar-refractivity contribution in [1.82, 2.24) is 10.6 Å². The van der Waals surface area contributed by atoms with Gasteiger partial charge in [0.15, 0.2) is 5.92 Å².